The van der Waals surface area contributed by atoms with Crippen molar-refractivity contribution in [3.8, 4) is 0 Å². The molecule has 0 saturated heterocycles. The van der Waals surface area contributed by atoms with E-state index in [0.717, 1.165) is 14.3 Å². The topological polar surface area (TPSA) is 55.4 Å². The number of ether oxygens (including phenoxy) is 1. The molecule has 0 aliphatic rings. The van der Waals surface area contributed by atoms with E-state index in [1.165, 1.54) is 7.11 Å². The van der Waals surface area contributed by atoms with Crippen LogP contribution in [0.2, 0.25) is 0 Å². The smallest absolute Gasteiger partial charge is 0.340 e. The Hall–Kier alpha value is -2.41. The first-order valence-electron chi connectivity index (χ1n) is 7.27. The van der Waals surface area contributed by atoms with Crippen LogP contribution in [0.4, 0.5) is 5.69 Å². The third-order valence-electron chi connectivity index (χ3n) is 3.67. The highest BCUT2D eigenvalue weighted by atomic mass is 127. The second-order valence-corrected chi connectivity index (χ2v) is 6.41. The van der Waals surface area contributed by atoms with Gasteiger partial charge in [0.25, 0.3) is 5.91 Å². The lowest BCUT2D eigenvalue weighted by Crippen LogP contribution is -2.16. The molecule has 0 radical (unpaired) electrons. The second-order valence-electron chi connectivity index (χ2n) is 5.16. The first-order chi connectivity index (χ1) is 11.6. The zero-order valence-corrected chi connectivity index (χ0v) is 15.0. The number of hydrogen-bond acceptors (Lipinski definition) is 3. The molecule has 0 unspecified atom stereocenters. The zero-order chi connectivity index (χ0) is 17.1. The van der Waals surface area contributed by atoms with E-state index < -0.39 is 5.97 Å². The number of anilines is 1. The fourth-order valence-corrected chi connectivity index (χ4v) is 3.01. The lowest BCUT2D eigenvalue weighted by atomic mass is 10.0. The molecule has 5 heteroatoms. The fourth-order valence-electron chi connectivity index (χ4n) is 2.52. The Morgan fingerprint density at radius 3 is 2.50 bits per heavy atom. The molecule has 3 rings (SSSR count). The highest BCUT2D eigenvalue weighted by Crippen LogP contribution is 2.23. The van der Waals surface area contributed by atoms with E-state index in [9.17, 15) is 9.59 Å². The summed E-state index contributed by atoms with van der Waals surface area (Å²) in [5.74, 6) is -0.750. The van der Waals surface area contributed by atoms with Crippen LogP contribution in [-0.4, -0.2) is 19.0 Å². The molecule has 1 amide bonds. The van der Waals surface area contributed by atoms with Gasteiger partial charge in [-0.15, -0.1) is 0 Å². The predicted octanol–water partition coefficient (Wildman–Crippen LogP) is 4.48. The van der Waals surface area contributed by atoms with Crippen LogP contribution in [0.3, 0.4) is 0 Å². The van der Waals surface area contributed by atoms with Crippen LogP contribution in [0.1, 0.15) is 20.7 Å². The lowest BCUT2D eigenvalue weighted by Gasteiger charge is -2.11. The molecule has 0 heterocycles. The highest BCUT2D eigenvalue weighted by molar-refractivity contribution is 14.1. The molecule has 3 aromatic rings. The molecule has 0 aliphatic carbocycles. The van der Waals surface area contributed by atoms with E-state index in [0.29, 0.717) is 16.8 Å². The first-order valence-corrected chi connectivity index (χ1v) is 8.35. The molecule has 0 aliphatic heterocycles. The number of carbonyl (C=O) groups is 2. The summed E-state index contributed by atoms with van der Waals surface area (Å²) in [6.45, 7) is 0. The zero-order valence-electron chi connectivity index (χ0n) is 12.9. The Morgan fingerprint density at radius 1 is 0.958 bits per heavy atom. The molecule has 120 valence electrons. The maximum atomic E-state index is 12.7. The molecule has 0 saturated carbocycles. The number of rotatable bonds is 3. The van der Waals surface area contributed by atoms with Crippen molar-refractivity contribution in [1.29, 1.82) is 0 Å². The number of benzene rings is 3. The van der Waals surface area contributed by atoms with Crippen molar-refractivity contribution >= 4 is 50.9 Å². The third-order valence-corrected chi connectivity index (χ3v) is 4.34. The molecule has 0 spiro atoms. The number of halogens is 1. The maximum Gasteiger partial charge on any atom is 0.340 e. The van der Waals surface area contributed by atoms with E-state index in [2.05, 4.69) is 27.9 Å². The van der Waals surface area contributed by atoms with Crippen LogP contribution < -0.4 is 5.32 Å². The van der Waals surface area contributed by atoms with Crippen molar-refractivity contribution in [1.82, 2.24) is 0 Å². The van der Waals surface area contributed by atoms with E-state index >= 15 is 0 Å². The predicted molar refractivity (Wildman–Crippen MR) is 102 cm³/mol. The van der Waals surface area contributed by atoms with Crippen LogP contribution in [0, 0.1) is 3.57 Å². The molecule has 3 aromatic carbocycles. The molecule has 24 heavy (non-hydrogen) atoms. The Morgan fingerprint density at radius 2 is 1.71 bits per heavy atom. The SMILES string of the molecule is COC(=O)c1cc(I)ccc1NC(=O)c1cccc2ccccc12. The molecule has 0 fully saturated rings. The van der Waals surface area contributed by atoms with Crippen molar-refractivity contribution < 1.29 is 14.3 Å². The van der Waals surface area contributed by atoms with E-state index in [4.69, 9.17) is 4.74 Å². The fraction of sp³-hybridized carbons (Fsp3) is 0.0526. The van der Waals surface area contributed by atoms with Gasteiger partial charge in [0.1, 0.15) is 0 Å². The number of hydrogen-bond donors (Lipinski definition) is 1. The summed E-state index contributed by atoms with van der Waals surface area (Å²) >= 11 is 2.11. The minimum Gasteiger partial charge on any atom is -0.465 e. The Kier molecular flexibility index (Phi) is 4.80. The molecular weight excluding hydrogens is 417 g/mol. The average molecular weight is 431 g/mol. The molecule has 0 atom stereocenters. The van der Waals surface area contributed by atoms with Gasteiger partial charge in [-0.3, -0.25) is 4.79 Å². The number of esters is 1. The second kappa shape index (κ2) is 7.00. The number of carbonyl (C=O) groups excluding carboxylic acids is 2. The number of amides is 1. The maximum absolute atomic E-state index is 12.7. The number of fused-ring (bicyclic) bond motifs is 1. The van der Waals surface area contributed by atoms with Gasteiger partial charge in [-0.1, -0.05) is 36.4 Å². The summed E-state index contributed by atoms with van der Waals surface area (Å²) in [6.07, 6.45) is 0. The molecule has 1 N–H and O–H groups in total. The monoisotopic (exact) mass is 431 g/mol. The Balaban J connectivity index is 1.99. The van der Waals surface area contributed by atoms with Crippen LogP contribution in [0.15, 0.2) is 60.7 Å². The lowest BCUT2D eigenvalue weighted by molar-refractivity contribution is 0.0602. The van der Waals surface area contributed by atoms with E-state index in [1.807, 2.05) is 42.5 Å². The van der Waals surface area contributed by atoms with Gasteiger partial charge in [0.05, 0.1) is 18.4 Å². The Labute approximate surface area is 153 Å². The first kappa shape index (κ1) is 16.4. The van der Waals surface area contributed by atoms with Gasteiger partial charge in [0.2, 0.25) is 0 Å². The van der Waals surface area contributed by atoms with Crippen molar-refractivity contribution in [2.24, 2.45) is 0 Å². The minimum atomic E-state index is -0.485. The van der Waals surface area contributed by atoms with Gasteiger partial charge < -0.3 is 10.1 Å². The van der Waals surface area contributed by atoms with Crippen LogP contribution in [-0.2, 0) is 4.74 Å². The summed E-state index contributed by atoms with van der Waals surface area (Å²) < 4.78 is 5.68. The van der Waals surface area contributed by atoms with Gasteiger partial charge in [-0.05, 0) is 57.6 Å². The Bertz CT molecular complexity index is 932. The molecular formula is C19H14INO3. The standard InChI is InChI=1S/C19H14INO3/c1-24-19(23)16-11-13(20)9-10-17(16)21-18(22)15-8-4-6-12-5-2-3-7-14(12)15/h2-11H,1H3,(H,21,22). The van der Waals surface area contributed by atoms with E-state index in [1.54, 1.807) is 18.2 Å². The average Bonchev–Trinajstić information content (AvgIpc) is 2.62. The summed E-state index contributed by atoms with van der Waals surface area (Å²) in [5.41, 5.74) is 1.32. The normalized spacial score (nSPS) is 10.4. The van der Waals surface area contributed by atoms with Gasteiger partial charge in [0, 0.05) is 9.13 Å². The molecule has 4 nitrogen and oxygen atoms in total. The van der Waals surface area contributed by atoms with E-state index in [-0.39, 0.29) is 5.91 Å². The molecule has 0 bridgehead atoms. The number of methoxy groups -OCH3 is 1. The van der Waals surface area contributed by atoms with Crippen molar-refractivity contribution in [3.63, 3.8) is 0 Å². The summed E-state index contributed by atoms with van der Waals surface area (Å²) in [6, 6.07) is 18.5. The van der Waals surface area contributed by atoms with Gasteiger partial charge in [0.15, 0.2) is 0 Å². The summed E-state index contributed by atoms with van der Waals surface area (Å²) in [4.78, 5) is 24.7. The van der Waals surface area contributed by atoms with Crippen molar-refractivity contribution in [2.45, 2.75) is 0 Å². The number of nitrogens with one attached hydrogen (secondary N) is 1. The van der Waals surface area contributed by atoms with Crippen molar-refractivity contribution in [2.75, 3.05) is 12.4 Å². The highest BCUT2D eigenvalue weighted by Gasteiger charge is 2.16. The van der Waals surface area contributed by atoms with Crippen LogP contribution >= 0.6 is 22.6 Å². The summed E-state index contributed by atoms with van der Waals surface area (Å²) in [5, 5.41) is 4.67. The third kappa shape index (κ3) is 3.26. The molecule has 0 aromatic heterocycles. The van der Waals surface area contributed by atoms with Gasteiger partial charge >= 0.3 is 5.97 Å². The van der Waals surface area contributed by atoms with Gasteiger partial charge in [-0.2, -0.15) is 0 Å². The van der Waals surface area contributed by atoms with Crippen LogP contribution in [0.25, 0.3) is 10.8 Å². The van der Waals surface area contributed by atoms with Gasteiger partial charge in [-0.25, -0.2) is 4.79 Å². The minimum absolute atomic E-state index is 0.266. The largest absolute Gasteiger partial charge is 0.465 e. The van der Waals surface area contributed by atoms with Crippen LogP contribution in [0.5, 0.6) is 0 Å². The summed E-state index contributed by atoms with van der Waals surface area (Å²) in [7, 11) is 1.32. The van der Waals surface area contributed by atoms with Crippen molar-refractivity contribution in [3.05, 3.63) is 75.4 Å². The quantitative estimate of drug-likeness (QED) is 0.492.